The van der Waals surface area contributed by atoms with Crippen LogP contribution in [0.5, 0.6) is 0 Å². The van der Waals surface area contributed by atoms with Crippen LogP contribution in [-0.2, 0) is 16.8 Å². The van der Waals surface area contributed by atoms with Gasteiger partial charge in [-0.25, -0.2) is 0 Å². The Kier molecular flexibility index (Phi) is 4.95. The van der Waals surface area contributed by atoms with Crippen molar-refractivity contribution in [2.75, 3.05) is 6.54 Å². The fraction of sp³-hybridized carbons (Fsp3) is 0.474. The third kappa shape index (κ3) is 3.34. The highest BCUT2D eigenvalue weighted by Gasteiger charge is 2.35. The van der Waals surface area contributed by atoms with E-state index in [0.29, 0.717) is 11.6 Å². The molecule has 1 saturated carbocycles. The molecule has 0 atom stereocenters. The summed E-state index contributed by atoms with van der Waals surface area (Å²) < 4.78 is 1.68. The van der Waals surface area contributed by atoms with E-state index in [9.17, 15) is 4.79 Å². The quantitative estimate of drug-likeness (QED) is 0.896. The van der Waals surface area contributed by atoms with Crippen molar-refractivity contribution in [2.45, 2.75) is 51.5 Å². The average Bonchev–Trinajstić information content (AvgIpc) is 3.17. The van der Waals surface area contributed by atoms with Gasteiger partial charge in [0.25, 0.3) is 0 Å². The van der Waals surface area contributed by atoms with Gasteiger partial charge in [-0.05, 0) is 32.3 Å². The fourth-order valence-corrected chi connectivity index (χ4v) is 3.84. The molecule has 0 radical (unpaired) electrons. The molecule has 1 aromatic carbocycles. The molecular weight excluding hydrogens is 322 g/mol. The standard InChI is InChI=1S/C19H24ClN3O/c1-14-18(20)15(2)23(22-14)12-17(24)21-13-19(10-6-7-11-19)16-8-4-3-5-9-16/h3-5,8-9H,6-7,10-13H2,1-2H3,(H,21,24). The van der Waals surface area contributed by atoms with Gasteiger partial charge >= 0.3 is 0 Å². The number of aromatic nitrogens is 2. The Morgan fingerprint density at radius 3 is 2.50 bits per heavy atom. The van der Waals surface area contributed by atoms with Crippen LogP contribution in [0.3, 0.4) is 0 Å². The molecule has 1 fully saturated rings. The molecule has 1 aromatic heterocycles. The van der Waals surface area contributed by atoms with Crippen LogP contribution in [0.4, 0.5) is 0 Å². The zero-order chi connectivity index (χ0) is 17.2. The number of rotatable bonds is 5. The maximum atomic E-state index is 12.4. The topological polar surface area (TPSA) is 46.9 Å². The lowest BCUT2D eigenvalue weighted by Crippen LogP contribution is -2.40. The van der Waals surface area contributed by atoms with Crippen molar-refractivity contribution in [3.63, 3.8) is 0 Å². The number of carbonyl (C=O) groups is 1. The van der Waals surface area contributed by atoms with E-state index >= 15 is 0 Å². The minimum Gasteiger partial charge on any atom is -0.354 e. The van der Waals surface area contributed by atoms with E-state index in [2.05, 4.69) is 34.7 Å². The average molecular weight is 346 g/mol. The van der Waals surface area contributed by atoms with Crippen LogP contribution >= 0.6 is 11.6 Å². The molecule has 1 aliphatic rings. The first kappa shape index (κ1) is 17.0. The van der Waals surface area contributed by atoms with Crippen LogP contribution in [0.2, 0.25) is 5.02 Å². The molecule has 0 spiro atoms. The summed E-state index contributed by atoms with van der Waals surface area (Å²) in [4.78, 5) is 12.4. The molecule has 1 aliphatic carbocycles. The molecule has 1 heterocycles. The normalized spacial score (nSPS) is 16.3. The van der Waals surface area contributed by atoms with Crippen molar-refractivity contribution in [3.05, 3.63) is 52.3 Å². The van der Waals surface area contributed by atoms with E-state index in [4.69, 9.17) is 11.6 Å². The van der Waals surface area contributed by atoms with Crippen LogP contribution in [0.1, 0.15) is 42.6 Å². The van der Waals surface area contributed by atoms with Gasteiger partial charge in [0.05, 0.1) is 16.4 Å². The summed E-state index contributed by atoms with van der Waals surface area (Å²) >= 11 is 6.15. The van der Waals surface area contributed by atoms with Gasteiger partial charge in [0.15, 0.2) is 0 Å². The molecule has 128 valence electrons. The maximum absolute atomic E-state index is 12.4. The molecule has 2 aromatic rings. The van der Waals surface area contributed by atoms with Gasteiger partial charge in [0, 0.05) is 12.0 Å². The number of benzene rings is 1. The Balaban J connectivity index is 1.67. The number of halogens is 1. The predicted octanol–water partition coefficient (Wildman–Crippen LogP) is 3.78. The molecule has 0 saturated heterocycles. The number of hydrogen-bond donors (Lipinski definition) is 1. The van der Waals surface area contributed by atoms with Gasteiger partial charge in [-0.3, -0.25) is 9.48 Å². The number of nitrogens with one attached hydrogen (secondary N) is 1. The Labute approximate surface area is 148 Å². The maximum Gasteiger partial charge on any atom is 0.241 e. The van der Waals surface area contributed by atoms with Crippen molar-refractivity contribution >= 4 is 17.5 Å². The van der Waals surface area contributed by atoms with E-state index in [1.165, 1.54) is 18.4 Å². The molecule has 24 heavy (non-hydrogen) atoms. The highest BCUT2D eigenvalue weighted by atomic mass is 35.5. The van der Waals surface area contributed by atoms with Gasteiger partial charge in [-0.2, -0.15) is 5.10 Å². The van der Waals surface area contributed by atoms with Gasteiger partial charge < -0.3 is 5.32 Å². The molecule has 0 bridgehead atoms. The third-order valence-electron chi connectivity index (χ3n) is 5.16. The smallest absolute Gasteiger partial charge is 0.241 e. The zero-order valence-electron chi connectivity index (χ0n) is 14.3. The second-order valence-electron chi connectivity index (χ2n) is 6.77. The van der Waals surface area contributed by atoms with E-state index in [-0.39, 0.29) is 17.9 Å². The second-order valence-corrected chi connectivity index (χ2v) is 7.15. The van der Waals surface area contributed by atoms with Gasteiger partial charge in [0.1, 0.15) is 6.54 Å². The van der Waals surface area contributed by atoms with Crippen molar-refractivity contribution in [3.8, 4) is 0 Å². The summed E-state index contributed by atoms with van der Waals surface area (Å²) in [6.07, 6.45) is 4.70. The largest absolute Gasteiger partial charge is 0.354 e. The van der Waals surface area contributed by atoms with E-state index in [0.717, 1.165) is 24.2 Å². The molecular formula is C19H24ClN3O. The lowest BCUT2D eigenvalue weighted by Gasteiger charge is -2.30. The Bertz CT molecular complexity index is 718. The number of hydrogen-bond acceptors (Lipinski definition) is 2. The fourth-order valence-electron chi connectivity index (χ4n) is 3.70. The summed E-state index contributed by atoms with van der Waals surface area (Å²) in [6, 6.07) is 10.6. The van der Waals surface area contributed by atoms with Gasteiger partial charge in [-0.1, -0.05) is 54.8 Å². The number of nitrogens with zero attached hydrogens (tertiary/aromatic N) is 2. The predicted molar refractivity (Wildman–Crippen MR) is 96.3 cm³/mol. The number of carbonyl (C=O) groups excluding carboxylic acids is 1. The minimum atomic E-state index is -0.0144. The second kappa shape index (κ2) is 6.98. The summed E-state index contributed by atoms with van der Waals surface area (Å²) in [5.74, 6) is -0.0144. The highest BCUT2D eigenvalue weighted by Crippen LogP contribution is 2.40. The van der Waals surface area contributed by atoms with Crippen molar-refractivity contribution in [1.82, 2.24) is 15.1 Å². The van der Waals surface area contributed by atoms with Crippen LogP contribution in [0.15, 0.2) is 30.3 Å². The summed E-state index contributed by atoms with van der Waals surface area (Å²) in [7, 11) is 0. The van der Waals surface area contributed by atoms with E-state index in [1.807, 2.05) is 19.9 Å². The lowest BCUT2D eigenvalue weighted by molar-refractivity contribution is -0.122. The zero-order valence-corrected chi connectivity index (χ0v) is 15.1. The number of amides is 1. The van der Waals surface area contributed by atoms with Gasteiger partial charge in [0.2, 0.25) is 5.91 Å². The molecule has 3 rings (SSSR count). The Morgan fingerprint density at radius 2 is 1.92 bits per heavy atom. The summed E-state index contributed by atoms with van der Waals surface area (Å²) in [5.41, 5.74) is 3.00. The van der Waals surface area contributed by atoms with Crippen molar-refractivity contribution in [2.24, 2.45) is 0 Å². The van der Waals surface area contributed by atoms with Crippen molar-refractivity contribution < 1.29 is 4.79 Å². The SMILES string of the molecule is Cc1nn(CC(=O)NCC2(c3ccccc3)CCCC2)c(C)c1Cl. The molecule has 0 aliphatic heterocycles. The highest BCUT2D eigenvalue weighted by molar-refractivity contribution is 6.31. The first-order chi connectivity index (χ1) is 11.5. The van der Waals surface area contributed by atoms with Crippen LogP contribution in [0, 0.1) is 13.8 Å². The minimum absolute atomic E-state index is 0.0144. The first-order valence-electron chi connectivity index (χ1n) is 8.53. The van der Waals surface area contributed by atoms with Crippen LogP contribution in [-0.4, -0.2) is 22.2 Å². The van der Waals surface area contributed by atoms with E-state index in [1.54, 1.807) is 4.68 Å². The first-order valence-corrected chi connectivity index (χ1v) is 8.91. The summed E-state index contributed by atoms with van der Waals surface area (Å²) in [5, 5.41) is 8.09. The molecule has 1 amide bonds. The Hall–Kier alpha value is -1.81. The van der Waals surface area contributed by atoms with Crippen molar-refractivity contribution in [1.29, 1.82) is 0 Å². The van der Waals surface area contributed by atoms with Crippen LogP contribution in [0.25, 0.3) is 0 Å². The van der Waals surface area contributed by atoms with Gasteiger partial charge in [-0.15, -0.1) is 0 Å². The molecule has 1 N–H and O–H groups in total. The molecule has 0 unspecified atom stereocenters. The number of aryl methyl sites for hydroxylation is 1. The Morgan fingerprint density at radius 1 is 1.25 bits per heavy atom. The molecule has 5 heteroatoms. The lowest BCUT2D eigenvalue weighted by atomic mass is 9.79. The van der Waals surface area contributed by atoms with Crippen LogP contribution < -0.4 is 5.32 Å². The van der Waals surface area contributed by atoms with E-state index < -0.39 is 0 Å². The summed E-state index contributed by atoms with van der Waals surface area (Å²) in [6.45, 7) is 4.64. The molecule has 4 nitrogen and oxygen atoms in total. The monoisotopic (exact) mass is 345 g/mol. The third-order valence-corrected chi connectivity index (χ3v) is 5.70.